The molecule has 0 saturated carbocycles. The Morgan fingerprint density at radius 1 is 0.968 bits per heavy atom. The summed E-state index contributed by atoms with van der Waals surface area (Å²) in [5.41, 5.74) is 1.58. The third-order valence-electron chi connectivity index (χ3n) is 4.44. The van der Waals surface area contributed by atoms with Gasteiger partial charge in [0.1, 0.15) is 5.75 Å². The van der Waals surface area contributed by atoms with Crippen LogP contribution in [0.15, 0.2) is 66.0 Å². The molecule has 1 atom stereocenters. The summed E-state index contributed by atoms with van der Waals surface area (Å²) < 4.78 is 5.24. The van der Waals surface area contributed by atoms with Crippen molar-refractivity contribution in [3.05, 3.63) is 76.5 Å². The smallest absolute Gasteiger partial charge is 0.255 e. The number of para-hydroxylation sites is 2. The molecule has 1 heterocycles. The maximum Gasteiger partial charge on any atom is 0.255 e. The van der Waals surface area contributed by atoms with Crippen molar-refractivity contribution in [2.45, 2.75) is 19.4 Å². The number of anilines is 2. The van der Waals surface area contributed by atoms with E-state index in [2.05, 4.69) is 16.0 Å². The van der Waals surface area contributed by atoms with Crippen molar-refractivity contribution in [1.29, 1.82) is 0 Å². The highest BCUT2D eigenvalue weighted by molar-refractivity contribution is 7.10. The first-order chi connectivity index (χ1) is 15.0. The maximum atomic E-state index is 12.5. The van der Waals surface area contributed by atoms with Gasteiger partial charge in [-0.15, -0.1) is 11.3 Å². The first kappa shape index (κ1) is 22.0. The topological polar surface area (TPSA) is 96.5 Å². The van der Waals surface area contributed by atoms with Gasteiger partial charge < -0.3 is 20.7 Å². The molecule has 3 amide bonds. The Kier molecular flexibility index (Phi) is 7.40. The highest BCUT2D eigenvalue weighted by Crippen LogP contribution is 2.25. The van der Waals surface area contributed by atoms with E-state index in [1.165, 1.54) is 25.4 Å². The lowest BCUT2D eigenvalue weighted by molar-refractivity contribution is -0.120. The van der Waals surface area contributed by atoms with Crippen molar-refractivity contribution >= 4 is 40.4 Å². The molecule has 7 nitrogen and oxygen atoms in total. The van der Waals surface area contributed by atoms with E-state index in [0.717, 1.165) is 4.88 Å². The number of benzene rings is 2. The molecule has 31 heavy (non-hydrogen) atoms. The van der Waals surface area contributed by atoms with Crippen molar-refractivity contribution in [2.24, 2.45) is 0 Å². The summed E-state index contributed by atoms with van der Waals surface area (Å²) in [6.45, 7) is 1.42. The summed E-state index contributed by atoms with van der Waals surface area (Å²) in [5, 5.41) is 10.3. The zero-order chi connectivity index (χ0) is 22.2. The zero-order valence-corrected chi connectivity index (χ0v) is 18.0. The fraction of sp³-hybridized carbons (Fsp3) is 0.174. The minimum Gasteiger partial charge on any atom is -0.495 e. The standard InChI is InChI=1S/C23H23N3O4S/c1-15(27)24-19(21-8-5-13-31-21)14-22(28)25-17-11-9-16(10-12-17)23(29)26-18-6-3-4-7-20(18)30-2/h3-13,19H,14H2,1-2H3,(H,24,27)(H,25,28)(H,26,29). The van der Waals surface area contributed by atoms with E-state index in [1.807, 2.05) is 23.6 Å². The zero-order valence-electron chi connectivity index (χ0n) is 17.2. The van der Waals surface area contributed by atoms with Crippen LogP contribution in [-0.4, -0.2) is 24.8 Å². The molecule has 1 unspecified atom stereocenters. The number of nitrogens with one attached hydrogen (secondary N) is 3. The third-order valence-corrected chi connectivity index (χ3v) is 5.43. The molecular weight excluding hydrogens is 414 g/mol. The van der Waals surface area contributed by atoms with Crippen molar-refractivity contribution in [3.8, 4) is 5.75 Å². The van der Waals surface area contributed by atoms with E-state index in [0.29, 0.717) is 22.7 Å². The van der Waals surface area contributed by atoms with Gasteiger partial charge >= 0.3 is 0 Å². The first-order valence-electron chi connectivity index (χ1n) is 9.61. The molecule has 2 aromatic carbocycles. The Bertz CT molecular complexity index is 1050. The van der Waals surface area contributed by atoms with Gasteiger partial charge in [0.05, 0.1) is 25.3 Å². The van der Waals surface area contributed by atoms with Gasteiger partial charge in [0, 0.05) is 23.1 Å². The van der Waals surface area contributed by atoms with E-state index in [9.17, 15) is 14.4 Å². The van der Waals surface area contributed by atoms with Crippen molar-refractivity contribution in [1.82, 2.24) is 5.32 Å². The minimum absolute atomic E-state index is 0.107. The van der Waals surface area contributed by atoms with Crippen LogP contribution in [0.4, 0.5) is 11.4 Å². The van der Waals surface area contributed by atoms with E-state index in [4.69, 9.17) is 4.74 Å². The maximum absolute atomic E-state index is 12.5. The number of methoxy groups -OCH3 is 1. The first-order valence-corrected chi connectivity index (χ1v) is 10.5. The van der Waals surface area contributed by atoms with Gasteiger partial charge in [0.25, 0.3) is 5.91 Å². The average Bonchev–Trinajstić information content (AvgIpc) is 3.29. The molecule has 0 aliphatic heterocycles. The fourth-order valence-electron chi connectivity index (χ4n) is 3.00. The Hall–Kier alpha value is -3.65. The van der Waals surface area contributed by atoms with E-state index in [1.54, 1.807) is 42.5 Å². The number of hydrogen-bond donors (Lipinski definition) is 3. The molecule has 0 aliphatic rings. The molecule has 3 N–H and O–H groups in total. The summed E-state index contributed by atoms with van der Waals surface area (Å²) in [6.07, 6.45) is 0.107. The second kappa shape index (κ2) is 10.4. The monoisotopic (exact) mass is 437 g/mol. The van der Waals surface area contributed by atoms with Crippen LogP contribution in [0, 0.1) is 0 Å². The van der Waals surface area contributed by atoms with Gasteiger partial charge in [-0.3, -0.25) is 14.4 Å². The largest absolute Gasteiger partial charge is 0.495 e. The Labute approximate surface area is 184 Å². The summed E-state index contributed by atoms with van der Waals surface area (Å²) in [5.74, 6) is -0.153. The number of rotatable bonds is 8. The molecule has 0 fully saturated rings. The summed E-state index contributed by atoms with van der Waals surface area (Å²) >= 11 is 1.48. The predicted octanol–water partition coefficient (Wildman–Crippen LogP) is 4.22. The molecule has 3 aromatic rings. The SMILES string of the molecule is COc1ccccc1NC(=O)c1ccc(NC(=O)CC(NC(C)=O)c2cccs2)cc1. The van der Waals surface area contributed by atoms with Crippen LogP contribution in [0.3, 0.4) is 0 Å². The van der Waals surface area contributed by atoms with Crippen LogP contribution < -0.4 is 20.7 Å². The van der Waals surface area contributed by atoms with E-state index >= 15 is 0 Å². The van der Waals surface area contributed by atoms with Crippen molar-refractivity contribution < 1.29 is 19.1 Å². The summed E-state index contributed by atoms with van der Waals surface area (Å²) in [4.78, 5) is 37.4. The van der Waals surface area contributed by atoms with E-state index < -0.39 is 0 Å². The molecule has 0 saturated heterocycles. The normalized spacial score (nSPS) is 11.3. The number of ether oxygens (including phenoxy) is 1. The lowest BCUT2D eigenvalue weighted by Crippen LogP contribution is -2.29. The molecule has 0 radical (unpaired) electrons. The summed E-state index contributed by atoms with van der Waals surface area (Å²) in [7, 11) is 1.54. The van der Waals surface area contributed by atoms with Crippen LogP contribution in [0.2, 0.25) is 0 Å². The fourth-order valence-corrected chi connectivity index (χ4v) is 3.78. The molecule has 0 bridgehead atoms. The van der Waals surface area contributed by atoms with Gasteiger partial charge in [0.2, 0.25) is 11.8 Å². The minimum atomic E-state index is -0.386. The Morgan fingerprint density at radius 2 is 1.71 bits per heavy atom. The van der Waals surface area contributed by atoms with Crippen molar-refractivity contribution in [2.75, 3.05) is 17.7 Å². The molecule has 160 valence electrons. The van der Waals surface area contributed by atoms with Gasteiger partial charge in [0.15, 0.2) is 0 Å². The van der Waals surface area contributed by atoms with Crippen LogP contribution in [0.5, 0.6) is 5.75 Å². The van der Waals surface area contributed by atoms with Gasteiger partial charge in [-0.25, -0.2) is 0 Å². The molecule has 1 aromatic heterocycles. The quantitative estimate of drug-likeness (QED) is 0.492. The number of thiophene rings is 1. The average molecular weight is 438 g/mol. The molecule has 0 aliphatic carbocycles. The highest BCUT2D eigenvalue weighted by atomic mass is 32.1. The lowest BCUT2D eigenvalue weighted by Gasteiger charge is -2.16. The van der Waals surface area contributed by atoms with Crippen LogP contribution >= 0.6 is 11.3 Å². The second-order valence-electron chi connectivity index (χ2n) is 6.75. The van der Waals surface area contributed by atoms with Crippen LogP contribution in [0.1, 0.15) is 34.6 Å². The van der Waals surface area contributed by atoms with E-state index in [-0.39, 0.29) is 30.2 Å². The molecular formula is C23H23N3O4S. The number of hydrogen-bond acceptors (Lipinski definition) is 5. The number of carbonyl (C=O) groups excluding carboxylic acids is 3. The van der Waals surface area contributed by atoms with Gasteiger partial charge in [-0.2, -0.15) is 0 Å². The predicted molar refractivity (Wildman–Crippen MR) is 122 cm³/mol. The molecule has 3 rings (SSSR count). The number of amides is 3. The number of carbonyl (C=O) groups is 3. The Morgan fingerprint density at radius 3 is 2.35 bits per heavy atom. The third kappa shape index (κ3) is 6.16. The van der Waals surface area contributed by atoms with Crippen LogP contribution in [-0.2, 0) is 9.59 Å². The molecule has 8 heteroatoms. The highest BCUT2D eigenvalue weighted by Gasteiger charge is 2.18. The summed E-state index contributed by atoms with van der Waals surface area (Å²) in [6, 6.07) is 17.1. The Balaban J connectivity index is 1.61. The van der Waals surface area contributed by atoms with Gasteiger partial charge in [-0.1, -0.05) is 18.2 Å². The van der Waals surface area contributed by atoms with Crippen LogP contribution in [0.25, 0.3) is 0 Å². The van der Waals surface area contributed by atoms with Crippen molar-refractivity contribution in [3.63, 3.8) is 0 Å². The van der Waals surface area contributed by atoms with Gasteiger partial charge in [-0.05, 0) is 47.8 Å². The lowest BCUT2D eigenvalue weighted by atomic mass is 10.1. The molecule has 0 spiro atoms. The second-order valence-corrected chi connectivity index (χ2v) is 7.73.